The van der Waals surface area contributed by atoms with E-state index in [9.17, 15) is 61.0 Å². The Bertz CT molecular complexity index is 2160. The summed E-state index contributed by atoms with van der Waals surface area (Å²) in [5, 5.41) is 121. The topological polar surface area (TPSA) is 307 Å². The van der Waals surface area contributed by atoms with Crippen LogP contribution in [0, 0.1) is 0 Å². The summed E-state index contributed by atoms with van der Waals surface area (Å²) in [5.41, 5.74) is 0. The molecule has 606 valence electrons. The molecule has 104 heavy (non-hydrogen) atoms. The summed E-state index contributed by atoms with van der Waals surface area (Å²) in [6.07, 6.45) is 59.2. The van der Waals surface area contributed by atoms with E-state index in [1.165, 1.54) is 238 Å². The molecule has 3 rings (SSSR count). The van der Waals surface area contributed by atoms with Crippen molar-refractivity contribution in [3.05, 3.63) is 72.9 Å². The molecule has 0 spiro atoms. The lowest BCUT2D eigenvalue weighted by Crippen LogP contribution is -2.66. The van der Waals surface area contributed by atoms with Crippen LogP contribution >= 0.6 is 0 Å². The summed E-state index contributed by atoms with van der Waals surface area (Å²) < 4.78 is 34.4. The van der Waals surface area contributed by atoms with Crippen LogP contribution in [-0.4, -0.2) is 193 Å². The van der Waals surface area contributed by atoms with Gasteiger partial charge in [0.1, 0.15) is 73.2 Å². The van der Waals surface area contributed by atoms with E-state index in [0.717, 1.165) is 57.8 Å². The maximum atomic E-state index is 13.5. The Morgan fingerprint density at radius 3 is 1.03 bits per heavy atom. The lowest BCUT2D eigenvalue weighted by atomic mass is 9.96. The van der Waals surface area contributed by atoms with E-state index in [1.807, 2.05) is 6.08 Å². The number of rotatable bonds is 67. The van der Waals surface area contributed by atoms with E-state index in [4.69, 9.17) is 28.4 Å². The molecule has 0 saturated carbocycles. The molecule has 3 heterocycles. The maximum Gasteiger partial charge on any atom is 0.220 e. The van der Waals surface area contributed by atoms with E-state index in [-0.39, 0.29) is 18.9 Å². The third-order valence-electron chi connectivity index (χ3n) is 20.7. The zero-order chi connectivity index (χ0) is 75.3. The van der Waals surface area contributed by atoms with Crippen molar-refractivity contribution in [3.63, 3.8) is 0 Å². The van der Waals surface area contributed by atoms with Crippen LogP contribution in [0.1, 0.15) is 328 Å². The Morgan fingerprint density at radius 1 is 0.346 bits per heavy atom. The SMILES string of the molecule is CCCCCCC/C=C\C/C=C\C/C=C\CCCCCCCCCCCCCCCCCCCCCCCCCCCCC(=O)NC(COC1OC(CO)C(OC2OC(CO)C(OC3OC(CO)C(O)C(O)C3O)C(O)C2O)C(O)C1O)C(O)/C=C/CC/C=C/CC/C=C/CCCCCCCCCC. The molecular formula is C85H153NO18. The number of carbonyl (C=O) groups excluding carboxylic acids is 1. The number of ether oxygens (including phenoxy) is 6. The van der Waals surface area contributed by atoms with E-state index in [0.29, 0.717) is 12.8 Å². The lowest BCUT2D eigenvalue weighted by molar-refractivity contribution is -0.379. The highest BCUT2D eigenvalue weighted by molar-refractivity contribution is 5.76. The molecule has 0 aromatic carbocycles. The normalized spacial score (nSPS) is 26.3. The molecule has 17 atom stereocenters. The molecular weight excluding hydrogens is 1320 g/mol. The van der Waals surface area contributed by atoms with Crippen molar-refractivity contribution in [2.45, 2.75) is 433 Å². The number of hydrogen-bond acceptors (Lipinski definition) is 18. The molecule has 17 unspecified atom stereocenters. The van der Waals surface area contributed by atoms with Crippen molar-refractivity contribution in [2.75, 3.05) is 26.4 Å². The molecule has 3 aliphatic rings. The first-order chi connectivity index (χ1) is 50.8. The molecule has 0 aliphatic carbocycles. The van der Waals surface area contributed by atoms with E-state index >= 15 is 0 Å². The fourth-order valence-electron chi connectivity index (χ4n) is 13.9. The Labute approximate surface area is 629 Å². The lowest BCUT2D eigenvalue weighted by Gasteiger charge is -2.48. The number of aliphatic hydroxyl groups excluding tert-OH is 11. The molecule has 3 aliphatic heterocycles. The van der Waals surface area contributed by atoms with Crippen LogP contribution in [0.15, 0.2) is 72.9 Å². The minimum absolute atomic E-state index is 0.233. The fourth-order valence-corrected chi connectivity index (χ4v) is 13.9. The predicted molar refractivity (Wildman–Crippen MR) is 415 cm³/mol. The highest BCUT2D eigenvalue weighted by Gasteiger charge is 2.54. The van der Waals surface area contributed by atoms with Crippen LogP contribution in [-0.2, 0) is 33.2 Å². The zero-order valence-electron chi connectivity index (χ0n) is 65.0. The number of unbranched alkanes of at least 4 members (excludes halogenated alkanes) is 41. The molecule has 1 amide bonds. The Kier molecular flexibility index (Phi) is 59.6. The van der Waals surface area contributed by atoms with E-state index in [1.54, 1.807) is 6.08 Å². The molecule has 19 heteroatoms. The monoisotopic (exact) mass is 1480 g/mol. The van der Waals surface area contributed by atoms with E-state index < -0.39 is 124 Å². The van der Waals surface area contributed by atoms with Crippen LogP contribution < -0.4 is 5.32 Å². The number of allylic oxidation sites excluding steroid dienone is 11. The number of carbonyl (C=O) groups is 1. The second-order valence-corrected chi connectivity index (χ2v) is 29.9. The van der Waals surface area contributed by atoms with Crippen molar-refractivity contribution in [2.24, 2.45) is 0 Å². The molecule has 3 saturated heterocycles. The van der Waals surface area contributed by atoms with Gasteiger partial charge in [-0.05, 0) is 83.5 Å². The van der Waals surface area contributed by atoms with Crippen LogP contribution in [0.5, 0.6) is 0 Å². The summed E-state index contributed by atoms with van der Waals surface area (Å²) in [4.78, 5) is 13.5. The van der Waals surface area contributed by atoms with Crippen molar-refractivity contribution < 1.29 is 89.4 Å². The van der Waals surface area contributed by atoms with Crippen LogP contribution in [0.4, 0.5) is 0 Å². The van der Waals surface area contributed by atoms with Crippen molar-refractivity contribution in [1.82, 2.24) is 5.32 Å². The van der Waals surface area contributed by atoms with Gasteiger partial charge in [-0.3, -0.25) is 4.79 Å². The molecule has 0 radical (unpaired) electrons. The van der Waals surface area contributed by atoms with Crippen molar-refractivity contribution in [3.8, 4) is 0 Å². The Hall–Kier alpha value is -2.77. The number of hydrogen-bond donors (Lipinski definition) is 12. The predicted octanol–water partition coefficient (Wildman–Crippen LogP) is 14.8. The molecule has 0 aromatic heterocycles. The first kappa shape index (κ1) is 95.4. The summed E-state index contributed by atoms with van der Waals surface area (Å²) in [6, 6.07) is -0.998. The van der Waals surface area contributed by atoms with Gasteiger partial charge in [0.05, 0.1) is 38.6 Å². The van der Waals surface area contributed by atoms with Gasteiger partial charge in [-0.15, -0.1) is 0 Å². The highest BCUT2D eigenvalue weighted by Crippen LogP contribution is 2.33. The molecule has 0 bridgehead atoms. The standard InChI is InChI=1S/C85H153NO18/c1-3-5-7-9-11-13-15-17-19-21-23-24-25-26-27-28-29-30-31-32-33-34-35-36-37-38-39-40-41-42-43-44-45-47-49-51-53-55-57-59-61-63-73(91)86-68(69(90)62-60-58-56-54-52-50-48-46-22-20-18-16-14-12-10-8-6-4-2)67-99-83-79(97)76(94)81(71(65-88)101-83)104-85-80(98)77(95)82(72(66-89)102-85)103-84-78(96)75(93)74(92)70(64-87)100-84/h15,17,21-23,25-26,46,52,54,60,62,68-72,74-85,87-90,92-98H,3-14,16,18-20,24,27-45,47-51,53,55-59,61,63-67H2,1-2H3,(H,86,91)/b17-15-,23-21-,26-25-,46-22+,54-52+,62-60+. The van der Waals surface area contributed by atoms with Gasteiger partial charge < -0.3 is 89.9 Å². The quantitative estimate of drug-likeness (QED) is 0.0199. The van der Waals surface area contributed by atoms with Gasteiger partial charge in [-0.1, -0.05) is 311 Å². The van der Waals surface area contributed by atoms with Gasteiger partial charge in [0.15, 0.2) is 18.9 Å². The minimum Gasteiger partial charge on any atom is -0.394 e. The smallest absolute Gasteiger partial charge is 0.220 e. The summed E-state index contributed by atoms with van der Waals surface area (Å²) in [7, 11) is 0. The third kappa shape index (κ3) is 44.2. The summed E-state index contributed by atoms with van der Waals surface area (Å²) in [5.74, 6) is -0.285. The Balaban J connectivity index is 1.30. The van der Waals surface area contributed by atoms with Crippen molar-refractivity contribution >= 4 is 5.91 Å². The number of amides is 1. The van der Waals surface area contributed by atoms with Gasteiger partial charge >= 0.3 is 0 Å². The van der Waals surface area contributed by atoms with Gasteiger partial charge in [0.2, 0.25) is 5.91 Å². The molecule has 12 N–H and O–H groups in total. The van der Waals surface area contributed by atoms with Crippen LogP contribution in [0.3, 0.4) is 0 Å². The highest BCUT2D eigenvalue weighted by atomic mass is 16.8. The first-order valence-corrected chi connectivity index (χ1v) is 42.2. The fraction of sp³-hybridized carbons (Fsp3) is 0.847. The molecule has 19 nitrogen and oxygen atoms in total. The summed E-state index contributed by atoms with van der Waals surface area (Å²) in [6.45, 7) is 1.72. The minimum atomic E-state index is -1.98. The maximum absolute atomic E-state index is 13.5. The number of nitrogens with one attached hydrogen (secondary N) is 1. The van der Waals surface area contributed by atoms with Gasteiger partial charge in [0.25, 0.3) is 0 Å². The first-order valence-electron chi connectivity index (χ1n) is 42.2. The zero-order valence-corrected chi connectivity index (χ0v) is 65.0. The van der Waals surface area contributed by atoms with Crippen LogP contribution in [0.2, 0.25) is 0 Å². The molecule has 0 aromatic rings. The largest absolute Gasteiger partial charge is 0.394 e. The third-order valence-corrected chi connectivity index (χ3v) is 20.7. The van der Waals surface area contributed by atoms with Crippen LogP contribution in [0.25, 0.3) is 0 Å². The van der Waals surface area contributed by atoms with E-state index in [2.05, 4.69) is 79.9 Å². The Morgan fingerprint density at radius 2 is 0.644 bits per heavy atom. The second kappa shape index (κ2) is 65.0. The molecule has 3 fully saturated rings. The van der Waals surface area contributed by atoms with Gasteiger partial charge in [0, 0.05) is 6.42 Å². The van der Waals surface area contributed by atoms with Crippen molar-refractivity contribution in [1.29, 1.82) is 0 Å². The summed E-state index contributed by atoms with van der Waals surface area (Å²) >= 11 is 0. The average molecular weight is 1480 g/mol. The average Bonchev–Trinajstić information content (AvgIpc) is 0.783. The number of aliphatic hydroxyl groups is 11. The van der Waals surface area contributed by atoms with Gasteiger partial charge in [-0.2, -0.15) is 0 Å². The van der Waals surface area contributed by atoms with Gasteiger partial charge in [-0.25, -0.2) is 0 Å². The second-order valence-electron chi connectivity index (χ2n) is 29.9.